The maximum absolute atomic E-state index is 13.0. The molecule has 4 rings (SSSR count). The lowest BCUT2D eigenvalue weighted by Gasteiger charge is -2.42. The average molecular weight is 349 g/mol. The van der Waals surface area contributed by atoms with Crippen LogP contribution in [0, 0.1) is 0 Å². The number of carbonyl (C=O) groups is 1. The molecule has 1 saturated carbocycles. The Morgan fingerprint density at radius 3 is 3.12 bits per heavy atom. The SMILES string of the molecule is CO[C@]12CC[C@H](O)C[C@H]1N(C(=O)c1cnc3sccn3c1=O)CC2. The second kappa shape index (κ2) is 5.65. The molecule has 0 unspecified atom stereocenters. The highest BCUT2D eigenvalue weighted by Gasteiger charge is 2.52. The summed E-state index contributed by atoms with van der Waals surface area (Å²) in [6.07, 6.45) is 5.15. The molecule has 8 heteroatoms. The van der Waals surface area contributed by atoms with Gasteiger partial charge in [-0.3, -0.25) is 14.0 Å². The molecule has 2 aliphatic rings. The van der Waals surface area contributed by atoms with Gasteiger partial charge in [0.05, 0.1) is 17.7 Å². The van der Waals surface area contributed by atoms with Gasteiger partial charge in [0.25, 0.3) is 11.5 Å². The number of carbonyl (C=O) groups excluding carboxylic acids is 1. The molecule has 2 aromatic heterocycles. The number of methoxy groups -OCH3 is 1. The molecule has 2 fully saturated rings. The van der Waals surface area contributed by atoms with Crippen LogP contribution in [0.5, 0.6) is 0 Å². The third kappa shape index (κ3) is 2.21. The largest absolute Gasteiger partial charge is 0.393 e. The van der Waals surface area contributed by atoms with Crippen LogP contribution in [0.2, 0.25) is 0 Å². The Morgan fingerprint density at radius 1 is 1.50 bits per heavy atom. The number of aromatic nitrogens is 2. The number of ether oxygens (including phenoxy) is 1. The number of thiazole rings is 1. The van der Waals surface area contributed by atoms with Crippen molar-refractivity contribution >= 4 is 22.2 Å². The highest BCUT2D eigenvalue weighted by Crippen LogP contribution is 2.42. The summed E-state index contributed by atoms with van der Waals surface area (Å²) >= 11 is 1.35. The van der Waals surface area contributed by atoms with Crippen LogP contribution in [0.1, 0.15) is 36.0 Å². The Labute approximate surface area is 142 Å². The highest BCUT2D eigenvalue weighted by molar-refractivity contribution is 7.15. The zero-order valence-electron chi connectivity index (χ0n) is 13.3. The summed E-state index contributed by atoms with van der Waals surface area (Å²) in [5.74, 6) is -0.328. The fourth-order valence-corrected chi connectivity index (χ4v) is 4.72. The predicted octanol–water partition coefficient (Wildman–Crippen LogP) is 0.901. The Bertz CT molecular complexity index is 847. The Morgan fingerprint density at radius 2 is 2.33 bits per heavy atom. The van der Waals surface area contributed by atoms with Gasteiger partial charge in [-0.15, -0.1) is 11.3 Å². The van der Waals surface area contributed by atoms with E-state index >= 15 is 0 Å². The van der Waals surface area contributed by atoms with Crippen LogP contribution in [0.3, 0.4) is 0 Å². The number of hydrogen-bond donors (Lipinski definition) is 1. The van der Waals surface area contributed by atoms with E-state index in [4.69, 9.17) is 4.74 Å². The van der Waals surface area contributed by atoms with Gasteiger partial charge in [-0.2, -0.15) is 0 Å². The number of nitrogens with zero attached hydrogens (tertiary/aromatic N) is 3. The molecule has 128 valence electrons. The molecule has 1 N–H and O–H groups in total. The van der Waals surface area contributed by atoms with E-state index in [1.165, 1.54) is 21.9 Å². The first-order valence-electron chi connectivity index (χ1n) is 8.05. The molecule has 1 aliphatic carbocycles. The van der Waals surface area contributed by atoms with Crippen molar-refractivity contribution in [2.24, 2.45) is 0 Å². The highest BCUT2D eigenvalue weighted by atomic mass is 32.1. The quantitative estimate of drug-likeness (QED) is 0.871. The number of rotatable bonds is 2. The normalized spacial score (nSPS) is 29.8. The Hall–Kier alpha value is -1.77. The van der Waals surface area contributed by atoms with Gasteiger partial charge >= 0.3 is 0 Å². The second-order valence-corrected chi connectivity index (χ2v) is 7.37. The fourth-order valence-electron chi connectivity index (χ4n) is 4.05. The zero-order chi connectivity index (χ0) is 16.9. The molecule has 0 aromatic carbocycles. The van der Waals surface area contributed by atoms with Crippen molar-refractivity contribution in [1.29, 1.82) is 0 Å². The van der Waals surface area contributed by atoms with Gasteiger partial charge in [0.2, 0.25) is 0 Å². The summed E-state index contributed by atoms with van der Waals surface area (Å²) in [5.41, 5.74) is -0.694. The van der Waals surface area contributed by atoms with E-state index in [0.29, 0.717) is 24.3 Å². The summed E-state index contributed by atoms with van der Waals surface area (Å²) in [6.45, 7) is 0.524. The third-order valence-electron chi connectivity index (χ3n) is 5.40. The van der Waals surface area contributed by atoms with Gasteiger partial charge in [-0.25, -0.2) is 4.98 Å². The first-order chi connectivity index (χ1) is 11.6. The summed E-state index contributed by atoms with van der Waals surface area (Å²) in [6, 6.07) is -0.207. The van der Waals surface area contributed by atoms with Crippen LogP contribution in [0.15, 0.2) is 22.6 Å². The molecular formula is C16H19N3O4S. The van der Waals surface area contributed by atoms with Crippen molar-refractivity contribution < 1.29 is 14.6 Å². The molecule has 24 heavy (non-hydrogen) atoms. The van der Waals surface area contributed by atoms with E-state index in [1.54, 1.807) is 23.6 Å². The fraction of sp³-hybridized carbons (Fsp3) is 0.562. The minimum Gasteiger partial charge on any atom is -0.393 e. The molecular weight excluding hydrogens is 330 g/mol. The van der Waals surface area contributed by atoms with Crippen molar-refractivity contribution in [2.45, 2.75) is 43.4 Å². The lowest BCUT2D eigenvalue weighted by Crippen LogP contribution is -2.53. The van der Waals surface area contributed by atoms with Gasteiger partial charge in [-0.1, -0.05) is 0 Å². The van der Waals surface area contributed by atoms with Crippen molar-refractivity contribution in [3.8, 4) is 0 Å². The molecule has 0 radical (unpaired) electrons. The lowest BCUT2D eigenvalue weighted by atomic mass is 9.79. The maximum atomic E-state index is 13.0. The Kier molecular flexibility index (Phi) is 3.70. The van der Waals surface area contributed by atoms with Crippen LogP contribution in [0.4, 0.5) is 0 Å². The van der Waals surface area contributed by atoms with Gasteiger partial charge in [-0.05, 0) is 25.7 Å². The van der Waals surface area contributed by atoms with E-state index < -0.39 is 11.7 Å². The monoisotopic (exact) mass is 349 g/mol. The first kappa shape index (κ1) is 15.7. The van der Waals surface area contributed by atoms with Crippen molar-refractivity contribution in [1.82, 2.24) is 14.3 Å². The summed E-state index contributed by atoms with van der Waals surface area (Å²) < 4.78 is 7.15. The second-order valence-electron chi connectivity index (χ2n) is 6.49. The van der Waals surface area contributed by atoms with Gasteiger partial charge in [0, 0.05) is 31.4 Å². The Balaban J connectivity index is 1.71. The van der Waals surface area contributed by atoms with Crippen LogP contribution in [-0.4, -0.2) is 56.7 Å². The van der Waals surface area contributed by atoms with Gasteiger partial charge < -0.3 is 14.7 Å². The first-order valence-corrected chi connectivity index (χ1v) is 8.93. The number of amides is 1. The molecule has 3 atom stereocenters. The number of fused-ring (bicyclic) bond motifs is 2. The topological polar surface area (TPSA) is 84.1 Å². The minimum atomic E-state index is -0.440. The third-order valence-corrected chi connectivity index (χ3v) is 6.17. The number of likely N-dealkylation sites (tertiary alicyclic amines) is 1. The van der Waals surface area contributed by atoms with E-state index in [2.05, 4.69) is 4.98 Å². The molecule has 1 amide bonds. The lowest BCUT2D eigenvalue weighted by molar-refractivity contribution is -0.0824. The molecule has 0 bridgehead atoms. The van der Waals surface area contributed by atoms with Crippen LogP contribution < -0.4 is 5.56 Å². The summed E-state index contributed by atoms with van der Waals surface area (Å²) in [7, 11) is 1.66. The minimum absolute atomic E-state index is 0.0675. The molecule has 0 spiro atoms. The number of hydrogen-bond acceptors (Lipinski definition) is 6. The number of aliphatic hydroxyl groups is 1. The van der Waals surface area contributed by atoms with Crippen LogP contribution >= 0.6 is 11.3 Å². The van der Waals surface area contributed by atoms with E-state index in [9.17, 15) is 14.7 Å². The predicted molar refractivity (Wildman–Crippen MR) is 88.4 cm³/mol. The number of aliphatic hydroxyl groups excluding tert-OH is 1. The molecule has 2 aromatic rings. The molecule has 7 nitrogen and oxygen atoms in total. The standard InChI is InChI=1S/C16H19N3O4S/c1-23-16-3-2-10(20)8-12(16)18(5-4-16)13(21)11-9-17-15-19(14(11)22)6-7-24-15/h6-7,9-10,12,20H,2-5,8H2,1H3/t10-,12+,16-/m0/s1. The van der Waals surface area contributed by atoms with Crippen molar-refractivity contribution in [3.05, 3.63) is 33.7 Å². The van der Waals surface area contributed by atoms with Gasteiger partial charge in [0.15, 0.2) is 4.96 Å². The molecule has 1 aliphatic heterocycles. The molecule has 1 saturated heterocycles. The summed E-state index contributed by atoms with van der Waals surface area (Å²) in [4.78, 5) is 32.0. The van der Waals surface area contributed by atoms with Crippen molar-refractivity contribution in [2.75, 3.05) is 13.7 Å². The smallest absolute Gasteiger partial charge is 0.271 e. The van der Waals surface area contributed by atoms with E-state index in [-0.39, 0.29) is 23.1 Å². The zero-order valence-corrected chi connectivity index (χ0v) is 14.2. The van der Waals surface area contributed by atoms with E-state index in [0.717, 1.165) is 12.8 Å². The van der Waals surface area contributed by atoms with Crippen LogP contribution in [0.25, 0.3) is 4.96 Å². The molecule has 3 heterocycles. The maximum Gasteiger partial charge on any atom is 0.271 e. The average Bonchev–Trinajstić information content (AvgIpc) is 3.20. The van der Waals surface area contributed by atoms with Crippen molar-refractivity contribution in [3.63, 3.8) is 0 Å². The van der Waals surface area contributed by atoms with Gasteiger partial charge in [0.1, 0.15) is 5.56 Å². The van der Waals surface area contributed by atoms with Crippen LogP contribution in [-0.2, 0) is 4.74 Å². The van der Waals surface area contributed by atoms with E-state index in [1.807, 2.05) is 0 Å². The summed E-state index contributed by atoms with van der Waals surface area (Å²) in [5, 5.41) is 11.8.